The molecule has 5 rings (SSSR count). The molecule has 2 saturated heterocycles. The van der Waals surface area contributed by atoms with Crippen molar-refractivity contribution in [3.63, 3.8) is 0 Å². The van der Waals surface area contributed by atoms with E-state index in [2.05, 4.69) is 15.9 Å². The topological polar surface area (TPSA) is 26.8 Å². The van der Waals surface area contributed by atoms with E-state index < -0.39 is 0 Å². The van der Waals surface area contributed by atoms with Gasteiger partial charge in [0.25, 0.3) is 0 Å². The quantitative estimate of drug-likeness (QED) is 0.712. The molecule has 2 aromatic rings. The van der Waals surface area contributed by atoms with Crippen LogP contribution in [0.1, 0.15) is 19.3 Å². The van der Waals surface area contributed by atoms with Crippen LogP contribution in [-0.4, -0.2) is 54.5 Å². The molecule has 0 saturated carbocycles. The van der Waals surface area contributed by atoms with Gasteiger partial charge in [0.1, 0.15) is 0 Å². The van der Waals surface area contributed by atoms with Crippen LogP contribution in [-0.2, 0) is 4.79 Å². The van der Waals surface area contributed by atoms with Crippen molar-refractivity contribution in [1.29, 1.82) is 0 Å². The average molecular weight is 449 g/mol. The predicted octanol–water partition coefficient (Wildman–Crippen LogP) is 1.64. The molecule has 1 atom stereocenters. The van der Waals surface area contributed by atoms with Crippen LogP contribution in [0.15, 0.2) is 52.3 Å². The fraction of sp³-hybridized carbons (Fsp3) is 0.409. The van der Waals surface area contributed by atoms with Gasteiger partial charge in [0.15, 0.2) is 0 Å². The molecule has 3 heterocycles. The molecule has 2 fully saturated rings. The summed E-state index contributed by atoms with van der Waals surface area (Å²) >= 11 is 7.96. The number of rotatable bonds is 3. The van der Waals surface area contributed by atoms with Gasteiger partial charge in [-0.15, -0.1) is 0 Å². The zero-order chi connectivity index (χ0) is 19.1. The standard InChI is InChI=1S/C22H24ClN3OS.ClH/c23-16-7-8-21-19(14-16)26(18-5-1-2-6-20(18)28-21)22(27)9-11-24-12-13-25-10-3-4-17(25)15-24;/h1-2,5-8,14,17H,3-4,9-13,15H2;1H/p-1. The number of para-hydroxylation sites is 1. The highest BCUT2D eigenvalue weighted by Gasteiger charge is 2.32. The lowest BCUT2D eigenvalue weighted by molar-refractivity contribution is -0.118. The van der Waals surface area contributed by atoms with Gasteiger partial charge in [-0.25, -0.2) is 0 Å². The van der Waals surface area contributed by atoms with Crippen LogP contribution in [0.3, 0.4) is 0 Å². The van der Waals surface area contributed by atoms with Crippen LogP contribution in [0.5, 0.6) is 0 Å². The number of halogens is 2. The first-order chi connectivity index (χ1) is 13.7. The highest BCUT2D eigenvalue weighted by molar-refractivity contribution is 7.99. The van der Waals surface area contributed by atoms with E-state index in [1.807, 2.05) is 41.3 Å². The summed E-state index contributed by atoms with van der Waals surface area (Å²) in [4.78, 5) is 22.5. The zero-order valence-electron chi connectivity index (χ0n) is 16.2. The molecule has 0 aliphatic carbocycles. The molecule has 0 bridgehead atoms. The maximum absolute atomic E-state index is 13.3. The molecule has 0 N–H and O–H groups in total. The maximum atomic E-state index is 13.3. The van der Waals surface area contributed by atoms with E-state index in [1.54, 1.807) is 11.8 Å². The van der Waals surface area contributed by atoms with Gasteiger partial charge >= 0.3 is 0 Å². The molecule has 0 radical (unpaired) electrons. The minimum absolute atomic E-state index is 0. The van der Waals surface area contributed by atoms with Crippen molar-refractivity contribution in [2.75, 3.05) is 37.6 Å². The van der Waals surface area contributed by atoms with Crippen LogP contribution in [0.25, 0.3) is 0 Å². The molecule has 3 aliphatic heterocycles. The maximum Gasteiger partial charge on any atom is 0.232 e. The molecule has 3 aliphatic rings. The fourth-order valence-electron chi connectivity index (χ4n) is 4.62. The van der Waals surface area contributed by atoms with Crippen molar-refractivity contribution in [2.24, 2.45) is 0 Å². The van der Waals surface area contributed by atoms with E-state index in [0.717, 1.165) is 47.3 Å². The van der Waals surface area contributed by atoms with E-state index in [0.29, 0.717) is 17.5 Å². The molecule has 1 amide bonds. The SMILES string of the molecule is O=C(CCN1CCN2CCCC2C1)N1c2ccccc2Sc2ccc(Cl)cc21.[Cl-]. The summed E-state index contributed by atoms with van der Waals surface area (Å²) in [5.74, 6) is 0.144. The Kier molecular flexibility index (Phi) is 6.42. The molecule has 4 nitrogen and oxygen atoms in total. The Labute approximate surface area is 187 Å². The van der Waals surface area contributed by atoms with Gasteiger partial charge in [-0.1, -0.05) is 35.5 Å². The first-order valence-electron chi connectivity index (χ1n) is 10.0. The van der Waals surface area contributed by atoms with E-state index in [-0.39, 0.29) is 18.3 Å². The Hall–Kier alpha value is -1.24. The summed E-state index contributed by atoms with van der Waals surface area (Å²) in [6.07, 6.45) is 3.14. The molecule has 7 heteroatoms. The Balaban J connectivity index is 0.00000205. The van der Waals surface area contributed by atoms with Gasteiger partial charge in [0, 0.05) is 53.5 Å². The molecular weight excluding hydrogens is 425 g/mol. The van der Waals surface area contributed by atoms with E-state index >= 15 is 0 Å². The highest BCUT2D eigenvalue weighted by atomic mass is 35.5. The van der Waals surface area contributed by atoms with Crippen LogP contribution in [0.4, 0.5) is 11.4 Å². The largest absolute Gasteiger partial charge is 1.00 e. The third-order valence-corrected chi connectivity index (χ3v) is 7.42. The second kappa shape index (κ2) is 8.86. The molecular formula is C22H24Cl2N3OS-. The van der Waals surface area contributed by atoms with Gasteiger partial charge < -0.3 is 12.4 Å². The fourth-order valence-corrected chi connectivity index (χ4v) is 5.83. The number of nitrogens with zero attached hydrogens (tertiary/aromatic N) is 3. The van der Waals surface area contributed by atoms with Gasteiger partial charge in [-0.3, -0.25) is 19.5 Å². The number of piperazine rings is 1. The second-order valence-electron chi connectivity index (χ2n) is 7.79. The number of fused-ring (bicyclic) bond motifs is 3. The summed E-state index contributed by atoms with van der Waals surface area (Å²) in [5, 5.41) is 0.661. The van der Waals surface area contributed by atoms with Crippen LogP contribution in [0.2, 0.25) is 5.02 Å². The monoisotopic (exact) mass is 448 g/mol. The van der Waals surface area contributed by atoms with E-state index in [4.69, 9.17) is 11.6 Å². The number of amides is 1. The molecule has 1 unspecified atom stereocenters. The first-order valence-corrected chi connectivity index (χ1v) is 11.2. The number of carbonyl (C=O) groups excluding carboxylic acids is 1. The van der Waals surface area contributed by atoms with Crippen molar-refractivity contribution in [1.82, 2.24) is 9.80 Å². The third kappa shape index (κ3) is 4.17. The lowest BCUT2D eigenvalue weighted by Crippen LogP contribution is -3.00. The zero-order valence-corrected chi connectivity index (χ0v) is 18.5. The normalized spacial score (nSPS) is 21.1. The smallest absolute Gasteiger partial charge is 0.232 e. The molecule has 2 aromatic carbocycles. The molecule has 0 spiro atoms. The summed E-state index contributed by atoms with van der Waals surface area (Å²) in [5.41, 5.74) is 1.87. The van der Waals surface area contributed by atoms with Gasteiger partial charge in [-0.2, -0.15) is 0 Å². The summed E-state index contributed by atoms with van der Waals surface area (Å²) < 4.78 is 0. The first kappa shape index (κ1) is 21.0. The van der Waals surface area contributed by atoms with E-state index in [1.165, 1.54) is 19.4 Å². The van der Waals surface area contributed by atoms with Gasteiger partial charge in [-0.05, 0) is 49.7 Å². The Morgan fingerprint density at radius 2 is 1.90 bits per heavy atom. The summed E-state index contributed by atoms with van der Waals surface area (Å²) in [6.45, 7) is 5.38. The predicted molar refractivity (Wildman–Crippen MR) is 115 cm³/mol. The van der Waals surface area contributed by atoms with Crippen LogP contribution in [0, 0.1) is 0 Å². The Morgan fingerprint density at radius 3 is 2.79 bits per heavy atom. The molecule has 0 aromatic heterocycles. The lowest BCUT2D eigenvalue weighted by Gasteiger charge is -2.38. The number of hydrogen-bond donors (Lipinski definition) is 0. The van der Waals surface area contributed by atoms with Crippen LogP contribution < -0.4 is 17.3 Å². The average Bonchev–Trinajstić information content (AvgIpc) is 3.18. The van der Waals surface area contributed by atoms with E-state index in [9.17, 15) is 4.79 Å². The number of carbonyl (C=O) groups is 1. The van der Waals surface area contributed by atoms with Gasteiger partial charge in [0.05, 0.1) is 11.4 Å². The lowest BCUT2D eigenvalue weighted by atomic mass is 10.1. The number of benzene rings is 2. The van der Waals surface area contributed by atoms with Crippen molar-refractivity contribution in [3.05, 3.63) is 47.5 Å². The van der Waals surface area contributed by atoms with Gasteiger partial charge in [0.2, 0.25) is 5.91 Å². The minimum Gasteiger partial charge on any atom is -1.00 e. The minimum atomic E-state index is 0. The summed E-state index contributed by atoms with van der Waals surface area (Å²) in [7, 11) is 0. The molecule has 154 valence electrons. The number of hydrogen-bond acceptors (Lipinski definition) is 4. The summed E-state index contributed by atoms with van der Waals surface area (Å²) in [6, 6.07) is 14.6. The van der Waals surface area contributed by atoms with Crippen molar-refractivity contribution in [2.45, 2.75) is 35.1 Å². The van der Waals surface area contributed by atoms with Crippen molar-refractivity contribution >= 4 is 40.6 Å². The number of anilines is 2. The highest BCUT2D eigenvalue weighted by Crippen LogP contribution is 2.48. The Bertz CT molecular complexity index is 909. The van der Waals surface area contributed by atoms with Crippen molar-refractivity contribution in [3.8, 4) is 0 Å². The second-order valence-corrected chi connectivity index (χ2v) is 9.31. The van der Waals surface area contributed by atoms with Crippen molar-refractivity contribution < 1.29 is 17.2 Å². The third-order valence-electron chi connectivity index (χ3n) is 6.05. The Morgan fingerprint density at radius 1 is 1.07 bits per heavy atom. The molecule has 29 heavy (non-hydrogen) atoms. The van der Waals surface area contributed by atoms with Crippen LogP contribution >= 0.6 is 23.4 Å².